The molecule has 0 aliphatic rings. The normalized spacial score (nSPS) is 11.9. The van der Waals surface area contributed by atoms with Crippen molar-refractivity contribution >= 4 is 62.3 Å². The molecule has 0 fully saturated rings. The lowest BCUT2D eigenvalue weighted by atomic mass is 10.0. The van der Waals surface area contributed by atoms with Gasteiger partial charge in [0.05, 0.1) is 20.6 Å². The van der Waals surface area contributed by atoms with Gasteiger partial charge in [-0.05, 0) is 60.9 Å². The summed E-state index contributed by atoms with van der Waals surface area (Å²) in [6, 6.07) is 26.1. The van der Waals surface area contributed by atoms with E-state index >= 15 is 0 Å². The van der Waals surface area contributed by atoms with Crippen molar-refractivity contribution in [1.82, 2.24) is 10.2 Å². The number of rotatable bonds is 14. The summed E-state index contributed by atoms with van der Waals surface area (Å²) in [6.07, 6.45) is 1.84. The average Bonchev–Trinajstić information content (AvgIpc) is 3.04. The van der Waals surface area contributed by atoms with Gasteiger partial charge in [0, 0.05) is 24.5 Å². The molecular weight excluding hydrogens is 665 g/mol. The third kappa shape index (κ3) is 9.04. The van der Waals surface area contributed by atoms with Gasteiger partial charge >= 0.3 is 0 Å². The molecule has 0 aliphatic heterocycles. The van der Waals surface area contributed by atoms with Gasteiger partial charge in [-0.2, -0.15) is 0 Å². The monoisotopic (exact) mass is 699 g/mol. The number of amides is 2. The van der Waals surface area contributed by atoms with Gasteiger partial charge in [0.15, 0.2) is 0 Å². The number of sulfonamides is 1. The van der Waals surface area contributed by atoms with Gasteiger partial charge in [0.1, 0.15) is 12.6 Å². The lowest BCUT2D eigenvalue weighted by Gasteiger charge is -2.34. The van der Waals surface area contributed by atoms with E-state index in [0.717, 1.165) is 28.3 Å². The number of carbonyl (C=O) groups is 2. The summed E-state index contributed by atoms with van der Waals surface area (Å²) >= 11 is 19.0. The summed E-state index contributed by atoms with van der Waals surface area (Å²) < 4.78 is 29.3. The Hall–Kier alpha value is -3.56. The number of benzene rings is 4. The number of unbranched alkanes of at least 4 members (excludes halogenated alkanes) is 1. The predicted molar refractivity (Wildman–Crippen MR) is 186 cm³/mol. The van der Waals surface area contributed by atoms with Crippen molar-refractivity contribution in [2.45, 2.75) is 50.6 Å². The highest BCUT2D eigenvalue weighted by Gasteiger charge is 2.35. The van der Waals surface area contributed by atoms with Crippen LogP contribution in [0.2, 0.25) is 15.1 Å². The first kappa shape index (κ1) is 35.3. The molecule has 0 saturated heterocycles. The Morgan fingerprint density at radius 2 is 1.50 bits per heavy atom. The SMILES string of the molecule is CCCCNC(=O)C(Cc1ccccc1)N(Cc1ccccc1Cl)C(=O)CN(c1ccc(Cl)c(Cl)c1)S(=O)(=O)c1ccc(C)cc1. The van der Waals surface area contributed by atoms with Gasteiger partial charge in [-0.25, -0.2) is 8.42 Å². The summed E-state index contributed by atoms with van der Waals surface area (Å²) in [5.74, 6) is -0.951. The van der Waals surface area contributed by atoms with Crippen LogP contribution in [0, 0.1) is 6.92 Å². The number of anilines is 1. The van der Waals surface area contributed by atoms with Gasteiger partial charge in [-0.1, -0.05) is 114 Å². The molecule has 1 unspecified atom stereocenters. The van der Waals surface area contributed by atoms with Gasteiger partial charge in [-0.15, -0.1) is 0 Å². The van der Waals surface area contributed by atoms with Crippen LogP contribution in [-0.2, 0) is 32.6 Å². The zero-order valence-electron chi connectivity index (χ0n) is 25.6. The van der Waals surface area contributed by atoms with Crippen LogP contribution >= 0.6 is 34.8 Å². The first-order valence-corrected chi connectivity index (χ1v) is 17.5. The van der Waals surface area contributed by atoms with Crippen molar-refractivity contribution < 1.29 is 18.0 Å². The number of hydrogen-bond donors (Lipinski definition) is 1. The van der Waals surface area contributed by atoms with Crippen LogP contribution in [0.1, 0.15) is 36.5 Å². The molecule has 4 aromatic rings. The van der Waals surface area contributed by atoms with E-state index < -0.39 is 28.5 Å². The molecule has 4 aromatic carbocycles. The topological polar surface area (TPSA) is 86.8 Å². The van der Waals surface area contributed by atoms with Crippen LogP contribution in [0.5, 0.6) is 0 Å². The predicted octanol–water partition coefficient (Wildman–Crippen LogP) is 7.71. The van der Waals surface area contributed by atoms with E-state index in [-0.39, 0.29) is 39.5 Å². The number of aryl methyl sites for hydroxylation is 1. The molecule has 242 valence electrons. The second-order valence-electron chi connectivity index (χ2n) is 10.9. The minimum absolute atomic E-state index is 0.00669. The average molecular weight is 701 g/mol. The van der Waals surface area contributed by atoms with E-state index in [0.29, 0.717) is 17.1 Å². The zero-order chi connectivity index (χ0) is 33.3. The van der Waals surface area contributed by atoms with Gasteiger partial charge in [0.2, 0.25) is 11.8 Å². The number of nitrogens with one attached hydrogen (secondary N) is 1. The van der Waals surface area contributed by atoms with Crippen molar-refractivity contribution in [1.29, 1.82) is 0 Å². The van der Waals surface area contributed by atoms with Crippen LogP contribution in [0.25, 0.3) is 0 Å². The fraction of sp³-hybridized carbons (Fsp3) is 0.257. The third-order valence-corrected chi connectivity index (χ3v) is 10.4. The Morgan fingerprint density at radius 3 is 2.15 bits per heavy atom. The highest BCUT2D eigenvalue weighted by Crippen LogP contribution is 2.31. The molecule has 1 N–H and O–H groups in total. The summed E-state index contributed by atoms with van der Waals surface area (Å²) in [7, 11) is -4.28. The number of carbonyl (C=O) groups excluding carboxylic acids is 2. The van der Waals surface area contributed by atoms with Gasteiger partial charge in [-0.3, -0.25) is 13.9 Å². The van der Waals surface area contributed by atoms with Crippen LogP contribution < -0.4 is 9.62 Å². The molecule has 0 aliphatic carbocycles. The van der Waals surface area contributed by atoms with Crippen molar-refractivity contribution in [3.8, 4) is 0 Å². The maximum Gasteiger partial charge on any atom is 0.264 e. The Bertz CT molecular complexity index is 1750. The molecule has 7 nitrogen and oxygen atoms in total. The molecule has 0 heterocycles. The highest BCUT2D eigenvalue weighted by atomic mass is 35.5. The van der Waals surface area contributed by atoms with E-state index in [4.69, 9.17) is 34.8 Å². The van der Waals surface area contributed by atoms with Crippen molar-refractivity contribution in [3.05, 3.63) is 129 Å². The van der Waals surface area contributed by atoms with E-state index in [9.17, 15) is 18.0 Å². The quantitative estimate of drug-likeness (QED) is 0.137. The first-order valence-electron chi connectivity index (χ1n) is 14.9. The first-order chi connectivity index (χ1) is 22.0. The number of halogens is 3. The highest BCUT2D eigenvalue weighted by molar-refractivity contribution is 7.92. The fourth-order valence-electron chi connectivity index (χ4n) is 4.88. The number of hydrogen-bond acceptors (Lipinski definition) is 4. The summed E-state index contributed by atoms with van der Waals surface area (Å²) in [5.41, 5.74) is 2.47. The molecule has 11 heteroatoms. The smallest absolute Gasteiger partial charge is 0.264 e. The van der Waals surface area contributed by atoms with Crippen LogP contribution in [0.15, 0.2) is 102 Å². The molecule has 4 rings (SSSR count). The molecule has 2 amide bonds. The molecule has 0 saturated carbocycles. The van der Waals surface area contributed by atoms with E-state index in [1.54, 1.807) is 36.4 Å². The van der Waals surface area contributed by atoms with Gasteiger partial charge < -0.3 is 10.2 Å². The molecule has 46 heavy (non-hydrogen) atoms. The molecule has 1 atom stereocenters. The zero-order valence-corrected chi connectivity index (χ0v) is 28.7. The Morgan fingerprint density at radius 1 is 0.826 bits per heavy atom. The summed E-state index contributed by atoms with van der Waals surface area (Å²) in [4.78, 5) is 29.8. The molecule has 0 bridgehead atoms. The van der Waals surface area contributed by atoms with E-state index in [2.05, 4.69) is 5.32 Å². The molecule has 0 aromatic heterocycles. The maximum absolute atomic E-state index is 14.5. The van der Waals surface area contributed by atoms with Crippen LogP contribution in [0.3, 0.4) is 0 Å². The van der Waals surface area contributed by atoms with Crippen LogP contribution in [0.4, 0.5) is 5.69 Å². The molecular formula is C35H36Cl3N3O4S. The molecule has 0 spiro atoms. The Balaban J connectivity index is 1.81. The van der Waals surface area contributed by atoms with Crippen LogP contribution in [-0.4, -0.2) is 44.3 Å². The van der Waals surface area contributed by atoms with Gasteiger partial charge in [0.25, 0.3) is 10.0 Å². The second kappa shape index (κ2) is 16.3. The lowest BCUT2D eigenvalue weighted by molar-refractivity contribution is -0.140. The van der Waals surface area contributed by atoms with E-state index in [1.165, 1.54) is 35.2 Å². The summed E-state index contributed by atoms with van der Waals surface area (Å²) in [6.45, 7) is 3.66. The Labute approximate surface area is 286 Å². The molecule has 0 radical (unpaired) electrons. The van der Waals surface area contributed by atoms with Crippen molar-refractivity contribution in [2.24, 2.45) is 0 Å². The fourth-order valence-corrected chi connectivity index (χ4v) is 6.77. The summed E-state index contributed by atoms with van der Waals surface area (Å²) in [5, 5.41) is 3.74. The lowest BCUT2D eigenvalue weighted by Crippen LogP contribution is -2.53. The van der Waals surface area contributed by atoms with Crippen molar-refractivity contribution in [2.75, 3.05) is 17.4 Å². The largest absolute Gasteiger partial charge is 0.354 e. The maximum atomic E-state index is 14.5. The minimum Gasteiger partial charge on any atom is -0.354 e. The Kier molecular flexibility index (Phi) is 12.5. The minimum atomic E-state index is -4.28. The number of nitrogens with zero attached hydrogens (tertiary/aromatic N) is 2. The van der Waals surface area contributed by atoms with E-state index in [1.807, 2.05) is 44.2 Å². The standard InChI is InChI=1S/C35H36Cl3N3O4S/c1-3-4-20-39-35(43)33(21-26-10-6-5-7-11-26)40(23-27-12-8-9-13-30(27)36)34(42)24-41(28-16-19-31(37)32(38)22-28)46(44,45)29-17-14-25(2)15-18-29/h5-19,22,33H,3-4,20-21,23-24H2,1-2H3,(H,39,43). The van der Waals surface area contributed by atoms with Crippen molar-refractivity contribution in [3.63, 3.8) is 0 Å². The second-order valence-corrected chi connectivity index (χ2v) is 14.0. The third-order valence-electron chi connectivity index (χ3n) is 7.48.